The monoisotopic (exact) mass is 218 g/mol. The molecule has 0 aliphatic rings. The van der Waals surface area contributed by atoms with E-state index in [1.807, 2.05) is 37.3 Å². The molecule has 0 atom stereocenters. The molecule has 0 aliphatic carbocycles. The molecule has 2 rings (SSSR count). The quantitative estimate of drug-likeness (QED) is 0.830. The molecule has 76 valence electrons. The number of rotatable bonds is 2. The van der Waals surface area contributed by atoms with E-state index >= 15 is 0 Å². The Bertz CT molecular complexity index is 454. The van der Waals surface area contributed by atoms with Crippen LogP contribution in [0.2, 0.25) is 5.02 Å². The lowest BCUT2D eigenvalue weighted by atomic mass is 10.2. The van der Waals surface area contributed by atoms with Crippen molar-refractivity contribution in [3.63, 3.8) is 0 Å². The van der Waals surface area contributed by atoms with Crippen molar-refractivity contribution in [3.8, 4) is 0 Å². The molecule has 0 aliphatic heterocycles. The fraction of sp³-hybridized carbons (Fsp3) is 0.0833. The number of benzene rings is 1. The van der Waals surface area contributed by atoms with E-state index in [4.69, 9.17) is 11.6 Å². The van der Waals surface area contributed by atoms with Crippen molar-refractivity contribution in [1.29, 1.82) is 0 Å². The lowest BCUT2D eigenvalue weighted by Crippen LogP contribution is -1.93. The van der Waals surface area contributed by atoms with Gasteiger partial charge in [0.25, 0.3) is 0 Å². The number of nitrogens with zero attached hydrogens (tertiary/aromatic N) is 1. The van der Waals surface area contributed by atoms with Crippen LogP contribution in [0.5, 0.6) is 0 Å². The van der Waals surface area contributed by atoms with Crippen LogP contribution in [0.3, 0.4) is 0 Å². The topological polar surface area (TPSA) is 24.9 Å². The molecule has 0 unspecified atom stereocenters. The van der Waals surface area contributed by atoms with Crippen LogP contribution < -0.4 is 5.32 Å². The SMILES string of the molecule is Cc1c(Cl)cccc1Nc1ccncc1. The Kier molecular flexibility index (Phi) is 2.88. The summed E-state index contributed by atoms with van der Waals surface area (Å²) < 4.78 is 0. The van der Waals surface area contributed by atoms with Gasteiger partial charge in [-0.15, -0.1) is 0 Å². The minimum atomic E-state index is 0.772. The van der Waals surface area contributed by atoms with Crippen LogP contribution in [0, 0.1) is 6.92 Å². The van der Waals surface area contributed by atoms with E-state index in [9.17, 15) is 0 Å². The van der Waals surface area contributed by atoms with Gasteiger partial charge in [-0.25, -0.2) is 0 Å². The maximum Gasteiger partial charge on any atom is 0.0455 e. The summed E-state index contributed by atoms with van der Waals surface area (Å²) in [6.07, 6.45) is 3.50. The van der Waals surface area contributed by atoms with Gasteiger partial charge in [0.15, 0.2) is 0 Å². The molecule has 1 aromatic carbocycles. The first kappa shape index (κ1) is 9.99. The Morgan fingerprint density at radius 2 is 1.87 bits per heavy atom. The molecule has 0 fully saturated rings. The van der Waals surface area contributed by atoms with E-state index in [0.717, 1.165) is 22.0 Å². The number of pyridine rings is 1. The van der Waals surface area contributed by atoms with Gasteiger partial charge in [0, 0.05) is 28.8 Å². The van der Waals surface area contributed by atoms with Crippen LogP contribution in [-0.2, 0) is 0 Å². The van der Waals surface area contributed by atoms with Gasteiger partial charge in [-0.3, -0.25) is 4.98 Å². The predicted molar refractivity (Wildman–Crippen MR) is 63.7 cm³/mol. The molecule has 1 N–H and O–H groups in total. The zero-order chi connectivity index (χ0) is 10.7. The molecule has 0 spiro atoms. The molecule has 0 saturated heterocycles. The van der Waals surface area contributed by atoms with E-state index in [1.165, 1.54) is 0 Å². The lowest BCUT2D eigenvalue weighted by molar-refractivity contribution is 1.32. The summed E-state index contributed by atoms with van der Waals surface area (Å²) >= 11 is 6.03. The van der Waals surface area contributed by atoms with Gasteiger partial charge in [0.1, 0.15) is 0 Å². The molecule has 15 heavy (non-hydrogen) atoms. The van der Waals surface area contributed by atoms with Crippen LogP contribution in [-0.4, -0.2) is 4.98 Å². The van der Waals surface area contributed by atoms with Crippen molar-refractivity contribution in [3.05, 3.63) is 53.3 Å². The predicted octanol–water partition coefficient (Wildman–Crippen LogP) is 3.79. The molecule has 3 heteroatoms. The van der Waals surface area contributed by atoms with Crippen molar-refractivity contribution >= 4 is 23.0 Å². The maximum absolute atomic E-state index is 6.03. The number of hydrogen-bond donors (Lipinski definition) is 1. The van der Waals surface area contributed by atoms with Gasteiger partial charge >= 0.3 is 0 Å². The van der Waals surface area contributed by atoms with Gasteiger partial charge in [-0.1, -0.05) is 17.7 Å². The van der Waals surface area contributed by atoms with Crippen LogP contribution >= 0.6 is 11.6 Å². The fourth-order valence-corrected chi connectivity index (χ4v) is 1.51. The highest BCUT2D eigenvalue weighted by Crippen LogP contribution is 2.25. The molecule has 0 bridgehead atoms. The summed E-state index contributed by atoms with van der Waals surface area (Å²) in [6.45, 7) is 1.99. The Balaban J connectivity index is 2.29. The normalized spacial score (nSPS) is 10.0. The van der Waals surface area contributed by atoms with E-state index in [1.54, 1.807) is 12.4 Å². The van der Waals surface area contributed by atoms with Crippen LogP contribution in [0.1, 0.15) is 5.56 Å². The fourth-order valence-electron chi connectivity index (χ4n) is 1.33. The van der Waals surface area contributed by atoms with Crippen molar-refractivity contribution in [1.82, 2.24) is 4.98 Å². The van der Waals surface area contributed by atoms with E-state index in [2.05, 4.69) is 10.3 Å². The molecule has 2 aromatic rings. The zero-order valence-electron chi connectivity index (χ0n) is 8.37. The molecule has 1 heterocycles. The highest BCUT2D eigenvalue weighted by molar-refractivity contribution is 6.31. The maximum atomic E-state index is 6.03. The van der Waals surface area contributed by atoms with Gasteiger partial charge in [0.2, 0.25) is 0 Å². The minimum absolute atomic E-state index is 0.772. The average Bonchev–Trinajstić information content (AvgIpc) is 2.26. The molecule has 0 saturated carbocycles. The molecule has 0 amide bonds. The largest absolute Gasteiger partial charge is 0.355 e. The first-order chi connectivity index (χ1) is 7.27. The number of nitrogens with one attached hydrogen (secondary N) is 1. The Morgan fingerprint density at radius 3 is 2.60 bits per heavy atom. The standard InChI is InChI=1S/C12H11ClN2/c1-9-11(13)3-2-4-12(9)15-10-5-7-14-8-6-10/h2-8H,1H3,(H,14,15). The van der Waals surface area contributed by atoms with Crippen molar-refractivity contribution in [2.75, 3.05) is 5.32 Å². The van der Waals surface area contributed by atoms with Gasteiger partial charge in [-0.2, -0.15) is 0 Å². The lowest BCUT2D eigenvalue weighted by Gasteiger charge is -2.09. The van der Waals surface area contributed by atoms with Gasteiger partial charge in [0.05, 0.1) is 0 Å². The van der Waals surface area contributed by atoms with E-state index in [-0.39, 0.29) is 0 Å². The van der Waals surface area contributed by atoms with Crippen molar-refractivity contribution in [2.24, 2.45) is 0 Å². The van der Waals surface area contributed by atoms with Crippen LogP contribution in [0.15, 0.2) is 42.7 Å². The molecule has 2 nitrogen and oxygen atoms in total. The van der Waals surface area contributed by atoms with E-state index in [0.29, 0.717) is 0 Å². The third-order valence-corrected chi connectivity index (χ3v) is 2.64. The Hall–Kier alpha value is -1.54. The molecular weight excluding hydrogens is 208 g/mol. The summed E-state index contributed by atoms with van der Waals surface area (Å²) in [6, 6.07) is 9.65. The Labute approximate surface area is 93.9 Å². The average molecular weight is 219 g/mol. The second-order valence-corrected chi connectivity index (χ2v) is 3.68. The number of anilines is 2. The van der Waals surface area contributed by atoms with E-state index < -0.39 is 0 Å². The Morgan fingerprint density at radius 1 is 1.13 bits per heavy atom. The molecule has 1 aromatic heterocycles. The smallest absolute Gasteiger partial charge is 0.0455 e. The number of halogens is 1. The molecule has 0 radical (unpaired) electrons. The summed E-state index contributed by atoms with van der Waals surface area (Å²) in [7, 11) is 0. The third-order valence-electron chi connectivity index (χ3n) is 2.23. The van der Waals surface area contributed by atoms with Crippen LogP contribution in [0.4, 0.5) is 11.4 Å². The highest BCUT2D eigenvalue weighted by Gasteiger charge is 2.01. The van der Waals surface area contributed by atoms with Crippen molar-refractivity contribution in [2.45, 2.75) is 6.92 Å². The summed E-state index contributed by atoms with van der Waals surface area (Å²) in [4.78, 5) is 3.96. The minimum Gasteiger partial charge on any atom is -0.355 e. The third kappa shape index (κ3) is 2.28. The van der Waals surface area contributed by atoms with Crippen LogP contribution in [0.25, 0.3) is 0 Å². The summed E-state index contributed by atoms with van der Waals surface area (Å²) in [5.74, 6) is 0. The zero-order valence-corrected chi connectivity index (χ0v) is 9.12. The van der Waals surface area contributed by atoms with Crippen molar-refractivity contribution < 1.29 is 0 Å². The second-order valence-electron chi connectivity index (χ2n) is 3.27. The summed E-state index contributed by atoms with van der Waals surface area (Å²) in [5.41, 5.74) is 3.08. The summed E-state index contributed by atoms with van der Waals surface area (Å²) in [5, 5.41) is 4.06. The highest BCUT2D eigenvalue weighted by atomic mass is 35.5. The van der Waals surface area contributed by atoms with Gasteiger partial charge in [-0.05, 0) is 36.8 Å². The number of hydrogen-bond acceptors (Lipinski definition) is 2. The number of aromatic nitrogens is 1. The second kappa shape index (κ2) is 4.32. The first-order valence-corrected chi connectivity index (χ1v) is 5.07. The van der Waals surface area contributed by atoms with Gasteiger partial charge < -0.3 is 5.32 Å². The first-order valence-electron chi connectivity index (χ1n) is 4.69. The molecular formula is C12H11ClN2.